The van der Waals surface area contributed by atoms with Crippen molar-refractivity contribution in [1.29, 1.82) is 0 Å². The zero-order valence-corrected chi connectivity index (χ0v) is 12.3. The minimum atomic E-state index is 0.330. The first kappa shape index (κ1) is 13.6. The number of amides is 1. The number of nitrogens with zero attached hydrogens (tertiary/aromatic N) is 3. The van der Waals surface area contributed by atoms with Crippen LogP contribution in [0.25, 0.3) is 0 Å². The number of aromatic nitrogens is 2. The minimum Gasteiger partial charge on any atom is -0.345 e. The highest BCUT2D eigenvalue weighted by Gasteiger charge is 2.30. The second kappa shape index (κ2) is 5.95. The number of aromatic amines is 1. The fourth-order valence-electron chi connectivity index (χ4n) is 3.06. The Morgan fingerprint density at radius 1 is 1.30 bits per heavy atom. The summed E-state index contributed by atoms with van der Waals surface area (Å²) in [6, 6.07) is 0. The van der Waals surface area contributed by atoms with Crippen LogP contribution >= 0.6 is 0 Å². The average Bonchev–Trinajstić information content (AvgIpc) is 2.62. The molecule has 0 radical (unpaired) electrons. The van der Waals surface area contributed by atoms with Gasteiger partial charge in [0.2, 0.25) is 5.91 Å². The molecule has 1 aromatic rings. The molecule has 1 aromatic heterocycles. The SMILES string of the molecule is Cc1ncc(CN2CCCN(C(=O)C3CCC3)CC2)[nH]1. The lowest BCUT2D eigenvalue weighted by molar-refractivity contribution is -0.138. The van der Waals surface area contributed by atoms with Crippen LogP contribution in [-0.2, 0) is 11.3 Å². The van der Waals surface area contributed by atoms with E-state index < -0.39 is 0 Å². The molecule has 0 bridgehead atoms. The zero-order chi connectivity index (χ0) is 13.9. The van der Waals surface area contributed by atoms with Crippen molar-refractivity contribution in [1.82, 2.24) is 19.8 Å². The number of imidazole rings is 1. The van der Waals surface area contributed by atoms with E-state index in [9.17, 15) is 4.79 Å². The van der Waals surface area contributed by atoms with Gasteiger partial charge in [-0.25, -0.2) is 4.98 Å². The van der Waals surface area contributed by atoms with Gasteiger partial charge in [-0.05, 0) is 26.2 Å². The van der Waals surface area contributed by atoms with E-state index in [1.807, 2.05) is 13.1 Å². The molecule has 0 spiro atoms. The Bertz CT molecular complexity index is 466. The second-order valence-corrected chi connectivity index (χ2v) is 6.08. The standard InChI is InChI=1S/C15H24N4O/c1-12-16-10-14(17-12)11-18-6-3-7-19(9-8-18)15(20)13-4-2-5-13/h10,13H,2-9,11H2,1H3,(H,16,17). The van der Waals surface area contributed by atoms with E-state index in [-0.39, 0.29) is 0 Å². The number of hydrogen-bond donors (Lipinski definition) is 1. The minimum absolute atomic E-state index is 0.330. The number of aryl methyl sites for hydroxylation is 1. The first-order chi connectivity index (χ1) is 9.72. The number of hydrogen-bond acceptors (Lipinski definition) is 3. The fraction of sp³-hybridized carbons (Fsp3) is 0.733. The van der Waals surface area contributed by atoms with Crippen LogP contribution in [0.5, 0.6) is 0 Å². The van der Waals surface area contributed by atoms with Gasteiger partial charge in [0.25, 0.3) is 0 Å². The molecule has 1 amide bonds. The Morgan fingerprint density at radius 3 is 2.80 bits per heavy atom. The summed E-state index contributed by atoms with van der Waals surface area (Å²) in [7, 11) is 0. The fourth-order valence-corrected chi connectivity index (χ4v) is 3.06. The molecule has 2 fully saturated rings. The predicted octanol–water partition coefficient (Wildman–Crippen LogP) is 1.55. The zero-order valence-electron chi connectivity index (χ0n) is 12.3. The quantitative estimate of drug-likeness (QED) is 0.911. The molecule has 2 aliphatic rings. The van der Waals surface area contributed by atoms with Gasteiger partial charge in [-0.1, -0.05) is 6.42 Å². The lowest BCUT2D eigenvalue weighted by atomic mass is 9.84. The van der Waals surface area contributed by atoms with Gasteiger partial charge >= 0.3 is 0 Å². The topological polar surface area (TPSA) is 52.2 Å². The van der Waals surface area contributed by atoms with E-state index in [0.29, 0.717) is 11.8 Å². The molecule has 0 aromatic carbocycles. The van der Waals surface area contributed by atoms with Crippen LogP contribution in [0.15, 0.2) is 6.20 Å². The second-order valence-electron chi connectivity index (χ2n) is 6.08. The third-order valence-electron chi connectivity index (χ3n) is 4.50. The summed E-state index contributed by atoms with van der Waals surface area (Å²) < 4.78 is 0. The van der Waals surface area contributed by atoms with E-state index in [1.54, 1.807) is 0 Å². The van der Waals surface area contributed by atoms with Crippen molar-refractivity contribution in [3.05, 3.63) is 17.7 Å². The van der Waals surface area contributed by atoms with E-state index in [2.05, 4.69) is 19.8 Å². The van der Waals surface area contributed by atoms with Crippen molar-refractivity contribution >= 4 is 5.91 Å². The third kappa shape index (κ3) is 3.03. The molecule has 3 rings (SSSR count). The molecule has 1 saturated heterocycles. The Balaban J connectivity index is 1.52. The molecular weight excluding hydrogens is 252 g/mol. The van der Waals surface area contributed by atoms with Crippen molar-refractivity contribution in [2.45, 2.75) is 39.2 Å². The van der Waals surface area contributed by atoms with Crippen molar-refractivity contribution in [3.8, 4) is 0 Å². The largest absolute Gasteiger partial charge is 0.345 e. The van der Waals surface area contributed by atoms with Gasteiger partial charge in [-0.15, -0.1) is 0 Å². The van der Waals surface area contributed by atoms with Crippen LogP contribution in [0.4, 0.5) is 0 Å². The summed E-state index contributed by atoms with van der Waals surface area (Å²) in [4.78, 5) is 24.3. The Kier molecular flexibility index (Phi) is 4.05. The number of rotatable bonds is 3. The average molecular weight is 276 g/mol. The van der Waals surface area contributed by atoms with Gasteiger partial charge in [-0.3, -0.25) is 9.69 Å². The molecule has 5 nitrogen and oxygen atoms in total. The van der Waals surface area contributed by atoms with Crippen LogP contribution in [-0.4, -0.2) is 51.9 Å². The van der Waals surface area contributed by atoms with E-state index in [0.717, 1.165) is 57.8 Å². The summed E-state index contributed by atoms with van der Waals surface area (Å²) in [6.45, 7) is 6.72. The Labute approximate surface area is 120 Å². The molecule has 1 aliphatic heterocycles. The molecule has 0 atom stereocenters. The maximum absolute atomic E-state index is 12.3. The van der Waals surface area contributed by atoms with E-state index in [1.165, 1.54) is 12.1 Å². The van der Waals surface area contributed by atoms with Crippen LogP contribution in [0.3, 0.4) is 0 Å². The normalized spacial score (nSPS) is 21.6. The highest BCUT2D eigenvalue weighted by Crippen LogP contribution is 2.28. The molecule has 5 heteroatoms. The number of carbonyl (C=O) groups excluding carboxylic acids is 1. The first-order valence-corrected chi connectivity index (χ1v) is 7.74. The lowest BCUT2D eigenvalue weighted by Crippen LogP contribution is -2.41. The molecule has 1 aliphatic carbocycles. The molecule has 0 unspecified atom stereocenters. The highest BCUT2D eigenvalue weighted by molar-refractivity contribution is 5.79. The summed E-state index contributed by atoms with van der Waals surface area (Å²) in [5.74, 6) is 1.70. The van der Waals surface area contributed by atoms with Gasteiger partial charge < -0.3 is 9.88 Å². The Hall–Kier alpha value is -1.36. The van der Waals surface area contributed by atoms with Crippen molar-refractivity contribution in [3.63, 3.8) is 0 Å². The first-order valence-electron chi connectivity index (χ1n) is 7.74. The summed E-state index contributed by atoms with van der Waals surface area (Å²) >= 11 is 0. The van der Waals surface area contributed by atoms with Crippen LogP contribution in [0, 0.1) is 12.8 Å². The number of H-pyrrole nitrogens is 1. The van der Waals surface area contributed by atoms with Crippen molar-refractivity contribution in [2.24, 2.45) is 5.92 Å². The van der Waals surface area contributed by atoms with Crippen LogP contribution < -0.4 is 0 Å². The van der Waals surface area contributed by atoms with E-state index in [4.69, 9.17) is 0 Å². The third-order valence-corrected chi connectivity index (χ3v) is 4.50. The predicted molar refractivity (Wildman–Crippen MR) is 77.1 cm³/mol. The van der Waals surface area contributed by atoms with Gasteiger partial charge in [0.15, 0.2) is 0 Å². The monoisotopic (exact) mass is 276 g/mol. The summed E-state index contributed by atoms with van der Waals surface area (Å²) in [6.07, 6.45) is 6.43. The molecule has 110 valence electrons. The van der Waals surface area contributed by atoms with Crippen molar-refractivity contribution < 1.29 is 4.79 Å². The maximum atomic E-state index is 12.3. The molecule has 20 heavy (non-hydrogen) atoms. The van der Waals surface area contributed by atoms with Gasteiger partial charge in [0.05, 0.1) is 0 Å². The van der Waals surface area contributed by atoms with Crippen LogP contribution in [0.1, 0.15) is 37.2 Å². The van der Waals surface area contributed by atoms with Gasteiger partial charge in [0.1, 0.15) is 5.82 Å². The van der Waals surface area contributed by atoms with Crippen molar-refractivity contribution in [2.75, 3.05) is 26.2 Å². The smallest absolute Gasteiger partial charge is 0.225 e. The summed E-state index contributed by atoms with van der Waals surface area (Å²) in [5.41, 5.74) is 1.17. The molecular formula is C15H24N4O. The van der Waals surface area contributed by atoms with Crippen LogP contribution in [0.2, 0.25) is 0 Å². The molecule has 1 saturated carbocycles. The number of carbonyl (C=O) groups is 1. The summed E-state index contributed by atoms with van der Waals surface area (Å²) in [5, 5.41) is 0. The van der Waals surface area contributed by atoms with E-state index >= 15 is 0 Å². The molecule has 2 heterocycles. The highest BCUT2D eigenvalue weighted by atomic mass is 16.2. The lowest BCUT2D eigenvalue weighted by Gasteiger charge is -2.31. The Morgan fingerprint density at radius 2 is 2.15 bits per heavy atom. The van der Waals surface area contributed by atoms with Gasteiger partial charge in [0, 0.05) is 50.5 Å². The van der Waals surface area contributed by atoms with Gasteiger partial charge in [-0.2, -0.15) is 0 Å². The molecule has 1 N–H and O–H groups in total. The maximum Gasteiger partial charge on any atom is 0.225 e. The number of nitrogens with one attached hydrogen (secondary N) is 1.